The number of nitrogens with two attached hydrogens (primary N) is 1. The van der Waals surface area contributed by atoms with Crippen LogP contribution in [0.15, 0.2) is 34.8 Å². The van der Waals surface area contributed by atoms with E-state index in [0.717, 1.165) is 15.8 Å². The minimum atomic E-state index is 0.495. The topological polar surface area (TPSA) is 75.6 Å². The van der Waals surface area contributed by atoms with Crippen LogP contribution in [0.3, 0.4) is 0 Å². The highest BCUT2D eigenvalue weighted by Crippen LogP contribution is 2.29. The maximum Gasteiger partial charge on any atom is 0.191 e. The first kappa shape index (κ1) is 14.1. The van der Waals surface area contributed by atoms with Gasteiger partial charge < -0.3 is 5.73 Å². The number of nitrogen functional groups attached to an aromatic ring is 1. The van der Waals surface area contributed by atoms with E-state index in [1.807, 2.05) is 17.5 Å². The number of hydrogen-bond donors (Lipinski definition) is 1. The van der Waals surface area contributed by atoms with Gasteiger partial charge in [0.15, 0.2) is 5.16 Å². The molecule has 2 aromatic heterocycles. The largest absolute Gasteiger partial charge is 0.383 e. The van der Waals surface area contributed by atoms with Crippen molar-refractivity contribution in [3.8, 4) is 6.07 Å². The summed E-state index contributed by atoms with van der Waals surface area (Å²) in [7, 11) is 0. The number of nitrogens with zero attached hydrogens (tertiary/aromatic N) is 3. The Morgan fingerprint density at radius 2 is 2.19 bits per heavy atom. The lowest BCUT2D eigenvalue weighted by atomic mass is 10.2. The molecule has 0 radical (unpaired) electrons. The summed E-state index contributed by atoms with van der Waals surface area (Å²) in [6.45, 7) is 0. The molecule has 0 unspecified atom stereocenters. The molecule has 21 heavy (non-hydrogen) atoms. The third-order valence-corrected chi connectivity index (χ3v) is 4.93. The van der Waals surface area contributed by atoms with Crippen molar-refractivity contribution in [2.75, 3.05) is 5.73 Å². The number of benzene rings is 1. The average Bonchev–Trinajstić information content (AvgIpc) is 2.95. The van der Waals surface area contributed by atoms with Gasteiger partial charge in [-0.25, -0.2) is 9.97 Å². The Bertz CT molecular complexity index is 854. The van der Waals surface area contributed by atoms with Gasteiger partial charge in [-0.2, -0.15) is 5.26 Å². The number of thiophene rings is 1. The van der Waals surface area contributed by atoms with Crippen molar-refractivity contribution < 1.29 is 0 Å². The number of thioether (sulfide) groups is 1. The molecule has 0 aliphatic rings. The molecule has 0 fully saturated rings. The lowest BCUT2D eigenvalue weighted by Crippen LogP contribution is -1.95. The minimum absolute atomic E-state index is 0.495. The molecule has 2 heterocycles. The first-order valence-corrected chi connectivity index (χ1v) is 8.24. The van der Waals surface area contributed by atoms with Gasteiger partial charge in [0.1, 0.15) is 10.6 Å². The monoisotopic (exact) mass is 332 g/mol. The molecule has 0 spiro atoms. The Hall–Kier alpha value is -1.81. The SMILES string of the molecule is N#Cc1ccc(CSc2nc(N)c3ccsc3n2)c(Cl)c1. The van der Waals surface area contributed by atoms with Crippen molar-refractivity contribution >= 4 is 50.7 Å². The third kappa shape index (κ3) is 2.95. The van der Waals surface area contributed by atoms with Gasteiger partial charge in [0.25, 0.3) is 0 Å². The lowest BCUT2D eigenvalue weighted by molar-refractivity contribution is 1.02. The Balaban J connectivity index is 1.82. The molecule has 104 valence electrons. The van der Waals surface area contributed by atoms with Crippen molar-refractivity contribution in [2.45, 2.75) is 10.9 Å². The Kier molecular flexibility index (Phi) is 3.97. The molecular formula is C14H9ClN4S2. The number of fused-ring (bicyclic) bond motifs is 1. The lowest BCUT2D eigenvalue weighted by Gasteiger charge is -2.05. The molecule has 0 saturated carbocycles. The normalized spacial score (nSPS) is 10.7. The van der Waals surface area contributed by atoms with Crippen LogP contribution in [-0.4, -0.2) is 9.97 Å². The van der Waals surface area contributed by atoms with Crippen molar-refractivity contribution in [2.24, 2.45) is 0 Å². The Morgan fingerprint density at radius 1 is 1.33 bits per heavy atom. The number of aromatic nitrogens is 2. The van der Waals surface area contributed by atoms with Gasteiger partial charge in [-0.05, 0) is 29.1 Å². The van der Waals surface area contributed by atoms with Crippen LogP contribution in [0.5, 0.6) is 0 Å². The number of anilines is 1. The smallest absolute Gasteiger partial charge is 0.191 e. The van der Waals surface area contributed by atoms with Gasteiger partial charge >= 0.3 is 0 Å². The zero-order chi connectivity index (χ0) is 14.8. The predicted molar refractivity (Wildman–Crippen MR) is 87.6 cm³/mol. The molecule has 0 aliphatic heterocycles. The minimum Gasteiger partial charge on any atom is -0.383 e. The summed E-state index contributed by atoms with van der Waals surface area (Å²) >= 11 is 9.16. The molecule has 1 aromatic carbocycles. The van der Waals surface area contributed by atoms with Crippen LogP contribution in [-0.2, 0) is 5.75 Å². The van der Waals surface area contributed by atoms with Crippen molar-refractivity contribution in [1.82, 2.24) is 9.97 Å². The van der Waals surface area contributed by atoms with Gasteiger partial charge in [0.2, 0.25) is 0 Å². The summed E-state index contributed by atoms with van der Waals surface area (Å²) in [5, 5.41) is 12.9. The number of rotatable bonds is 3. The number of nitriles is 1. The summed E-state index contributed by atoms with van der Waals surface area (Å²) in [5.74, 6) is 1.12. The Morgan fingerprint density at radius 3 is 2.95 bits per heavy atom. The van der Waals surface area contributed by atoms with E-state index >= 15 is 0 Å². The van der Waals surface area contributed by atoms with Crippen molar-refractivity contribution in [3.63, 3.8) is 0 Å². The van der Waals surface area contributed by atoms with E-state index < -0.39 is 0 Å². The second-order valence-corrected chi connectivity index (χ2v) is 6.48. The fourth-order valence-corrected chi connectivity index (χ4v) is 3.81. The molecule has 3 rings (SSSR count). The van der Waals surface area contributed by atoms with E-state index in [4.69, 9.17) is 22.6 Å². The van der Waals surface area contributed by atoms with Crippen molar-refractivity contribution in [1.29, 1.82) is 5.26 Å². The molecule has 0 saturated heterocycles. The molecular weight excluding hydrogens is 324 g/mol. The zero-order valence-corrected chi connectivity index (χ0v) is 13.1. The molecule has 0 atom stereocenters. The summed E-state index contributed by atoms with van der Waals surface area (Å²) in [4.78, 5) is 9.65. The van der Waals surface area contributed by atoms with E-state index in [-0.39, 0.29) is 0 Å². The summed E-state index contributed by atoms with van der Waals surface area (Å²) in [5.41, 5.74) is 7.41. The van der Waals surface area contributed by atoms with Gasteiger partial charge in [-0.1, -0.05) is 29.4 Å². The van der Waals surface area contributed by atoms with Crippen LogP contribution < -0.4 is 5.73 Å². The second kappa shape index (κ2) is 5.90. The maximum atomic E-state index is 8.82. The zero-order valence-electron chi connectivity index (χ0n) is 10.7. The van der Waals surface area contributed by atoms with Crippen LogP contribution in [0, 0.1) is 11.3 Å². The van der Waals surface area contributed by atoms with E-state index in [0.29, 0.717) is 27.3 Å². The number of hydrogen-bond acceptors (Lipinski definition) is 6. The molecule has 2 N–H and O–H groups in total. The molecule has 4 nitrogen and oxygen atoms in total. The van der Waals surface area contributed by atoms with E-state index in [2.05, 4.69) is 16.0 Å². The van der Waals surface area contributed by atoms with Gasteiger partial charge in [0, 0.05) is 10.8 Å². The van der Waals surface area contributed by atoms with Crippen LogP contribution in [0.1, 0.15) is 11.1 Å². The third-order valence-electron chi connectivity index (χ3n) is 2.87. The summed E-state index contributed by atoms with van der Waals surface area (Å²) < 4.78 is 0. The highest BCUT2D eigenvalue weighted by molar-refractivity contribution is 7.98. The van der Waals surface area contributed by atoms with E-state index in [9.17, 15) is 0 Å². The second-order valence-electron chi connectivity index (χ2n) is 4.24. The molecule has 0 aliphatic carbocycles. The maximum absolute atomic E-state index is 8.82. The first-order valence-electron chi connectivity index (χ1n) is 5.99. The predicted octanol–water partition coefficient (Wildman–Crippen LogP) is 4.09. The van der Waals surface area contributed by atoms with Gasteiger partial charge in [0.05, 0.1) is 17.0 Å². The van der Waals surface area contributed by atoms with Crippen LogP contribution in [0.2, 0.25) is 5.02 Å². The molecule has 3 aromatic rings. The molecule has 7 heteroatoms. The molecule has 0 bridgehead atoms. The fourth-order valence-electron chi connectivity index (χ4n) is 1.80. The quantitative estimate of drug-likeness (QED) is 0.577. The highest BCUT2D eigenvalue weighted by Gasteiger charge is 2.08. The standard InChI is InChI=1S/C14H9ClN4S2/c15-11-5-8(6-16)1-2-9(11)7-21-14-18-12(17)10-3-4-20-13(10)19-14/h1-5H,7H2,(H2,17,18,19). The van der Waals surface area contributed by atoms with E-state index in [1.54, 1.807) is 12.1 Å². The van der Waals surface area contributed by atoms with E-state index in [1.165, 1.54) is 23.1 Å². The number of halogens is 1. The van der Waals surface area contributed by atoms with Gasteiger partial charge in [-0.3, -0.25) is 0 Å². The highest BCUT2D eigenvalue weighted by atomic mass is 35.5. The fraction of sp³-hybridized carbons (Fsp3) is 0.0714. The van der Waals surface area contributed by atoms with Crippen LogP contribution in [0.25, 0.3) is 10.2 Å². The average molecular weight is 333 g/mol. The Labute approximate surface area is 134 Å². The van der Waals surface area contributed by atoms with Crippen LogP contribution >= 0.6 is 34.7 Å². The van der Waals surface area contributed by atoms with Crippen molar-refractivity contribution in [3.05, 3.63) is 45.8 Å². The summed E-state index contributed by atoms with van der Waals surface area (Å²) in [6, 6.07) is 9.24. The van der Waals surface area contributed by atoms with Crippen LogP contribution in [0.4, 0.5) is 5.82 Å². The van der Waals surface area contributed by atoms with Gasteiger partial charge in [-0.15, -0.1) is 11.3 Å². The summed E-state index contributed by atoms with van der Waals surface area (Å²) in [6.07, 6.45) is 0. The molecule has 0 amide bonds. The first-order chi connectivity index (χ1) is 10.2.